The average Bonchev–Trinajstić information content (AvgIpc) is 3.19. The third-order valence-corrected chi connectivity index (χ3v) is 3.79. The molecule has 0 atom stereocenters. The van der Waals surface area contributed by atoms with Crippen LogP contribution in [0.5, 0.6) is 0 Å². The van der Waals surface area contributed by atoms with Gasteiger partial charge in [0.05, 0.1) is 5.56 Å². The molecule has 7 heteroatoms. The summed E-state index contributed by atoms with van der Waals surface area (Å²) < 4.78 is 19.4. The van der Waals surface area contributed by atoms with Crippen molar-refractivity contribution in [2.24, 2.45) is 0 Å². The zero-order chi connectivity index (χ0) is 18.6. The Kier molecular flexibility index (Phi) is 4.40. The zero-order valence-electron chi connectivity index (χ0n) is 14.0. The fourth-order valence-corrected chi connectivity index (χ4v) is 2.51. The van der Waals surface area contributed by atoms with Crippen LogP contribution in [-0.2, 0) is 0 Å². The lowest BCUT2D eigenvalue weighted by Crippen LogP contribution is -2.13. The Balaban J connectivity index is 1.57. The fraction of sp³-hybridized carbons (Fsp3) is 0. The third-order valence-electron chi connectivity index (χ3n) is 3.79. The molecule has 0 unspecified atom stereocenters. The van der Waals surface area contributed by atoms with Crippen LogP contribution in [0.1, 0.15) is 10.4 Å². The molecular weight excluding hydrogens is 347 g/mol. The predicted molar refractivity (Wildman–Crippen MR) is 97.3 cm³/mol. The number of carbonyl (C=O) groups is 1. The van der Waals surface area contributed by atoms with E-state index in [1.54, 1.807) is 48.7 Å². The van der Waals surface area contributed by atoms with Gasteiger partial charge in [0, 0.05) is 17.4 Å². The van der Waals surface area contributed by atoms with Gasteiger partial charge in [0.25, 0.3) is 11.8 Å². The van der Waals surface area contributed by atoms with Crippen molar-refractivity contribution in [3.05, 3.63) is 84.3 Å². The molecule has 2 aromatic heterocycles. The summed E-state index contributed by atoms with van der Waals surface area (Å²) in [5.74, 6) is -0.531. The van der Waals surface area contributed by atoms with Crippen LogP contribution in [0.4, 0.5) is 10.1 Å². The minimum absolute atomic E-state index is 0.0295. The number of pyridine rings is 1. The van der Waals surface area contributed by atoms with Crippen LogP contribution >= 0.6 is 0 Å². The molecule has 0 spiro atoms. The fourth-order valence-electron chi connectivity index (χ4n) is 2.51. The quantitative estimate of drug-likeness (QED) is 0.590. The van der Waals surface area contributed by atoms with Gasteiger partial charge in [-0.25, -0.2) is 4.39 Å². The normalized spacial score (nSPS) is 10.6. The first kappa shape index (κ1) is 16.6. The minimum Gasteiger partial charge on any atom is -0.415 e. The van der Waals surface area contributed by atoms with E-state index in [2.05, 4.69) is 20.5 Å². The van der Waals surface area contributed by atoms with E-state index in [-0.39, 0.29) is 11.5 Å². The molecule has 4 aromatic rings. The van der Waals surface area contributed by atoms with Crippen LogP contribution in [0.3, 0.4) is 0 Å². The first-order valence-electron chi connectivity index (χ1n) is 8.12. The number of hydrogen-bond donors (Lipinski definition) is 1. The van der Waals surface area contributed by atoms with Gasteiger partial charge in [0.1, 0.15) is 11.5 Å². The number of nitrogens with zero attached hydrogens (tertiary/aromatic N) is 3. The second kappa shape index (κ2) is 7.17. The Morgan fingerprint density at radius 3 is 2.56 bits per heavy atom. The number of hydrogen-bond acceptors (Lipinski definition) is 5. The van der Waals surface area contributed by atoms with Gasteiger partial charge < -0.3 is 9.73 Å². The molecular formula is C20H13FN4O2. The molecule has 0 fully saturated rings. The molecule has 27 heavy (non-hydrogen) atoms. The van der Waals surface area contributed by atoms with Crippen LogP contribution in [-0.4, -0.2) is 21.1 Å². The van der Waals surface area contributed by atoms with E-state index in [1.807, 2.05) is 6.07 Å². The van der Waals surface area contributed by atoms with Crippen molar-refractivity contribution in [2.75, 3.05) is 5.32 Å². The van der Waals surface area contributed by atoms with Gasteiger partial charge in [0.15, 0.2) is 0 Å². The van der Waals surface area contributed by atoms with Crippen molar-refractivity contribution < 1.29 is 13.6 Å². The summed E-state index contributed by atoms with van der Waals surface area (Å²) >= 11 is 0. The van der Waals surface area contributed by atoms with Crippen LogP contribution in [0.25, 0.3) is 23.0 Å². The number of nitrogens with one attached hydrogen (secondary N) is 1. The Labute approximate surface area is 153 Å². The van der Waals surface area contributed by atoms with Crippen molar-refractivity contribution in [2.45, 2.75) is 0 Å². The highest BCUT2D eigenvalue weighted by Gasteiger charge is 2.14. The van der Waals surface area contributed by atoms with Crippen molar-refractivity contribution in [3.63, 3.8) is 0 Å². The van der Waals surface area contributed by atoms with Crippen LogP contribution in [0, 0.1) is 5.82 Å². The lowest BCUT2D eigenvalue weighted by Gasteiger charge is -2.07. The summed E-state index contributed by atoms with van der Waals surface area (Å²) in [6.45, 7) is 0. The van der Waals surface area contributed by atoms with Gasteiger partial charge in [0.2, 0.25) is 5.89 Å². The number of aromatic nitrogens is 3. The van der Waals surface area contributed by atoms with Gasteiger partial charge in [-0.2, -0.15) is 0 Å². The van der Waals surface area contributed by atoms with E-state index in [9.17, 15) is 9.18 Å². The molecule has 2 aromatic carbocycles. The molecule has 2 heterocycles. The second-order valence-corrected chi connectivity index (χ2v) is 5.64. The molecule has 0 saturated carbocycles. The summed E-state index contributed by atoms with van der Waals surface area (Å²) in [4.78, 5) is 16.4. The van der Waals surface area contributed by atoms with Gasteiger partial charge >= 0.3 is 0 Å². The highest BCUT2D eigenvalue weighted by atomic mass is 19.1. The zero-order valence-corrected chi connectivity index (χ0v) is 14.0. The highest BCUT2D eigenvalue weighted by molar-refractivity contribution is 6.04. The standard InChI is InChI=1S/C20H13FN4O2/c21-16-9-2-1-8-15(16)18(26)23-14-7-5-6-13(12-14)19-24-25-20(27-19)17-10-3-4-11-22-17/h1-12H,(H,23,26). The molecule has 132 valence electrons. The molecule has 0 aliphatic heterocycles. The van der Waals surface area contributed by atoms with E-state index >= 15 is 0 Å². The van der Waals surface area contributed by atoms with E-state index < -0.39 is 11.7 Å². The van der Waals surface area contributed by atoms with Crippen molar-refractivity contribution in [3.8, 4) is 23.0 Å². The van der Waals surface area contributed by atoms with E-state index in [0.29, 0.717) is 22.8 Å². The molecule has 1 amide bonds. The van der Waals surface area contributed by atoms with Crippen molar-refractivity contribution in [1.82, 2.24) is 15.2 Å². The Bertz CT molecular complexity index is 1100. The van der Waals surface area contributed by atoms with E-state index in [1.165, 1.54) is 18.2 Å². The van der Waals surface area contributed by atoms with Gasteiger partial charge in [-0.05, 0) is 42.5 Å². The lowest BCUT2D eigenvalue weighted by atomic mass is 10.1. The maximum atomic E-state index is 13.8. The second-order valence-electron chi connectivity index (χ2n) is 5.64. The summed E-state index contributed by atoms with van der Waals surface area (Å²) in [5.41, 5.74) is 1.65. The molecule has 0 radical (unpaired) electrons. The molecule has 6 nitrogen and oxygen atoms in total. The topological polar surface area (TPSA) is 80.9 Å². The maximum Gasteiger partial charge on any atom is 0.266 e. The molecule has 0 aliphatic carbocycles. The monoisotopic (exact) mass is 360 g/mol. The van der Waals surface area contributed by atoms with Crippen LogP contribution < -0.4 is 5.32 Å². The minimum atomic E-state index is -0.581. The van der Waals surface area contributed by atoms with Crippen LogP contribution in [0.2, 0.25) is 0 Å². The van der Waals surface area contributed by atoms with Crippen molar-refractivity contribution >= 4 is 11.6 Å². The van der Waals surface area contributed by atoms with Gasteiger partial charge in [-0.15, -0.1) is 10.2 Å². The first-order chi connectivity index (χ1) is 13.2. The number of carbonyl (C=O) groups excluding carboxylic acids is 1. The Morgan fingerprint density at radius 1 is 0.926 bits per heavy atom. The number of halogens is 1. The third kappa shape index (κ3) is 3.57. The number of rotatable bonds is 4. The number of amides is 1. The average molecular weight is 360 g/mol. The molecule has 0 saturated heterocycles. The molecule has 0 aliphatic rings. The smallest absolute Gasteiger partial charge is 0.266 e. The Hall–Kier alpha value is -3.87. The van der Waals surface area contributed by atoms with Crippen LogP contribution in [0.15, 0.2) is 77.3 Å². The maximum absolute atomic E-state index is 13.8. The molecule has 0 bridgehead atoms. The first-order valence-corrected chi connectivity index (χ1v) is 8.12. The summed E-state index contributed by atoms with van der Waals surface area (Å²) in [5, 5.41) is 10.7. The molecule has 4 rings (SSSR count). The van der Waals surface area contributed by atoms with Gasteiger partial charge in [-0.3, -0.25) is 9.78 Å². The predicted octanol–water partition coefficient (Wildman–Crippen LogP) is 4.19. The number of anilines is 1. The van der Waals surface area contributed by atoms with Crippen molar-refractivity contribution in [1.29, 1.82) is 0 Å². The number of benzene rings is 2. The SMILES string of the molecule is O=C(Nc1cccc(-c2nnc(-c3ccccn3)o2)c1)c1ccccc1F. The van der Waals surface area contributed by atoms with E-state index in [4.69, 9.17) is 4.42 Å². The van der Waals surface area contributed by atoms with Gasteiger partial charge in [-0.1, -0.05) is 24.3 Å². The van der Waals surface area contributed by atoms with E-state index in [0.717, 1.165) is 0 Å². The summed E-state index contributed by atoms with van der Waals surface area (Å²) in [7, 11) is 0. The summed E-state index contributed by atoms with van der Waals surface area (Å²) in [6, 6.07) is 18.1. The highest BCUT2D eigenvalue weighted by Crippen LogP contribution is 2.25. The largest absolute Gasteiger partial charge is 0.415 e. The molecule has 1 N–H and O–H groups in total. The Morgan fingerprint density at radius 2 is 1.74 bits per heavy atom. The lowest BCUT2D eigenvalue weighted by molar-refractivity contribution is 0.102. The summed E-state index contributed by atoms with van der Waals surface area (Å²) in [6.07, 6.45) is 1.64.